The molecule has 6 heteroatoms. The molecule has 12 atom stereocenters. The van der Waals surface area contributed by atoms with Gasteiger partial charge in [0, 0.05) is 40.4 Å². The van der Waals surface area contributed by atoms with Crippen LogP contribution in [0.25, 0.3) is 0 Å². The van der Waals surface area contributed by atoms with Gasteiger partial charge in [-0.15, -0.1) is 0 Å². The predicted molar refractivity (Wildman–Crippen MR) is 237 cm³/mol. The second-order valence-corrected chi connectivity index (χ2v) is 19.7. The summed E-state index contributed by atoms with van der Waals surface area (Å²) in [7, 11) is 0. The SMILES string of the molecule is CC12CCC3CCC(N(C4=CCCC=N4)C4CCC(C5=CC=CCC5)C=C4C#N)C4CCC(CC=C1N(C1CCC=CN1)C1CCC(c5ccccc5)C=C1C#N)C2C34. The zero-order chi connectivity index (χ0) is 39.9. The highest BCUT2D eigenvalue weighted by atomic mass is 15.3. The highest BCUT2D eigenvalue weighted by Gasteiger charge is 2.61. The number of hydrogen-bond donors (Lipinski definition) is 1. The van der Waals surface area contributed by atoms with E-state index in [4.69, 9.17) is 4.99 Å². The molecule has 2 heterocycles. The van der Waals surface area contributed by atoms with Crippen LogP contribution in [0.15, 0.2) is 118 Å². The number of hydrogen-bond acceptors (Lipinski definition) is 6. The van der Waals surface area contributed by atoms with Crippen LogP contribution in [-0.2, 0) is 0 Å². The molecule has 3 saturated carbocycles. The van der Waals surface area contributed by atoms with Crippen LogP contribution in [0, 0.1) is 63.6 Å². The van der Waals surface area contributed by atoms with Crippen LogP contribution in [0.2, 0.25) is 0 Å². The van der Waals surface area contributed by atoms with E-state index in [1.165, 1.54) is 55.4 Å². The van der Waals surface area contributed by atoms with Crippen molar-refractivity contribution >= 4 is 6.21 Å². The van der Waals surface area contributed by atoms with E-state index in [2.05, 4.69) is 126 Å². The fourth-order valence-electron chi connectivity index (χ4n) is 14.4. The molecule has 2 aliphatic heterocycles. The van der Waals surface area contributed by atoms with Crippen molar-refractivity contribution in [1.29, 1.82) is 10.5 Å². The normalized spacial score (nSPS) is 38.4. The molecule has 0 spiro atoms. The minimum atomic E-state index is 0.0510. The van der Waals surface area contributed by atoms with Gasteiger partial charge in [0.15, 0.2) is 0 Å². The van der Waals surface area contributed by atoms with Gasteiger partial charge in [-0.25, -0.2) is 4.99 Å². The number of rotatable bonds is 8. The van der Waals surface area contributed by atoms with Gasteiger partial charge in [0.05, 0.1) is 30.4 Å². The van der Waals surface area contributed by atoms with Gasteiger partial charge in [-0.1, -0.05) is 85.4 Å². The maximum absolute atomic E-state index is 10.9. The Morgan fingerprint density at radius 3 is 2.31 bits per heavy atom. The Balaban J connectivity index is 0.995. The summed E-state index contributed by atoms with van der Waals surface area (Å²) in [6.45, 7) is 2.66. The molecule has 59 heavy (non-hydrogen) atoms. The zero-order valence-electron chi connectivity index (χ0n) is 35.3. The first-order valence-electron chi connectivity index (χ1n) is 23.6. The van der Waals surface area contributed by atoms with Crippen molar-refractivity contribution in [3.05, 3.63) is 119 Å². The standard InChI is InChI=1S/C53H64N6/c1-53-29-28-38-19-26-47(58(49-16-8-10-30-56-49)45-24-20-40(32-42(45)34-54)36-12-4-2-5-13-36)44-23-18-39(52(53)51(38)44)22-27-48(53)59(50-17-9-11-31-57-50)46-25-21-41(33-43(46)35-55)37-14-6-3-7-15-37/h2-4,6-7,11-12,14-16,27,30-33,38-41,44-47,50-52,57H,5,8-10,13,17-26,28-29H2,1H3. The minimum absolute atomic E-state index is 0.0510. The Labute approximate surface area is 353 Å². The molecule has 6 nitrogen and oxygen atoms in total. The molecule has 12 unspecified atom stereocenters. The number of benzene rings is 1. The van der Waals surface area contributed by atoms with Gasteiger partial charge < -0.3 is 15.1 Å². The monoisotopic (exact) mass is 785 g/mol. The van der Waals surface area contributed by atoms with Crippen molar-refractivity contribution < 1.29 is 0 Å². The van der Waals surface area contributed by atoms with Gasteiger partial charge in [-0.2, -0.15) is 10.5 Å². The van der Waals surface area contributed by atoms with Gasteiger partial charge in [0.25, 0.3) is 0 Å². The Hall–Kier alpha value is -4.55. The Bertz CT molecular complexity index is 2090. The molecule has 0 bridgehead atoms. The lowest BCUT2D eigenvalue weighted by Gasteiger charge is -2.65. The zero-order valence-corrected chi connectivity index (χ0v) is 35.3. The summed E-state index contributed by atoms with van der Waals surface area (Å²) in [5.74, 6) is 5.14. The first-order valence-corrected chi connectivity index (χ1v) is 23.6. The summed E-state index contributed by atoms with van der Waals surface area (Å²) in [6, 6.07) is 16.9. The fourth-order valence-corrected chi connectivity index (χ4v) is 14.4. The molecule has 1 N–H and O–H groups in total. The van der Waals surface area contributed by atoms with Gasteiger partial charge >= 0.3 is 0 Å². The van der Waals surface area contributed by atoms with E-state index >= 15 is 0 Å². The summed E-state index contributed by atoms with van der Waals surface area (Å²) in [4.78, 5) is 10.7. The summed E-state index contributed by atoms with van der Waals surface area (Å²) in [5, 5.41) is 25.6. The lowest BCUT2D eigenvalue weighted by molar-refractivity contribution is -0.126. The van der Waals surface area contributed by atoms with Crippen LogP contribution in [0.4, 0.5) is 0 Å². The van der Waals surface area contributed by atoms with Crippen LogP contribution >= 0.6 is 0 Å². The molecule has 0 saturated heterocycles. The summed E-state index contributed by atoms with van der Waals surface area (Å²) in [6.07, 6.45) is 42.6. The van der Waals surface area contributed by atoms with Gasteiger partial charge in [0.1, 0.15) is 5.82 Å². The maximum atomic E-state index is 10.9. The fraction of sp³-hybridized carbons (Fsp3) is 0.566. The predicted octanol–water partition coefficient (Wildman–Crippen LogP) is 11.5. The molecule has 0 radical (unpaired) electrons. The number of aliphatic imine (C=N–C) groups is 1. The first kappa shape index (κ1) is 38.6. The van der Waals surface area contributed by atoms with Crippen LogP contribution in [0.3, 0.4) is 0 Å². The third-order valence-electron chi connectivity index (χ3n) is 16.9. The highest BCUT2D eigenvalue weighted by molar-refractivity contribution is 5.60. The largest absolute Gasteiger partial charge is 0.372 e. The van der Waals surface area contributed by atoms with E-state index in [1.54, 1.807) is 0 Å². The van der Waals surface area contributed by atoms with E-state index in [1.807, 2.05) is 0 Å². The topological polar surface area (TPSA) is 78.5 Å². The van der Waals surface area contributed by atoms with E-state index in [9.17, 15) is 10.5 Å². The number of nitriles is 2. The third kappa shape index (κ3) is 6.97. The molecule has 1 aromatic carbocycles. The quantitative estimate of drug-likeness (QED) is 0.284. The Kier molecular flexibility index (Phi) is 10.8. The van der Waals surface area contributed by atoms with E-state index in [0.29, 0.717) is 35.6 Å². The summed E-state index contributed by atoms with van der Waals surface area (Å²) in [5.41, 5.74) is 6.33. The van der Waals surface area contributed by atoms with Gasteiger partial charge in [0.2, 0.25) is 0 Å². The van der Waals surface area contributed by atoms with Crippen LogP contribution in [-0.4, -0.2) is 40.3 Å². The Morgan fingerprint density at radius 2 is 1.56 bits per heavy atom. The van der Waals surface area contributed by atoms with Crippen molar-refractivity contribution in [3.8, 4) is 12.1 Å². The molecular formula is C53H64N6. The van der Waals surface area contributed by atoms with Gasteiger partial charge in [-0.3, -0.25) is 0 Å². The number of nitrogens with one attached hydrogen (secondary N) is 1. The number of allylic oxidation sites excluding steroid dienone is 10. The number of nitrogens with zero attached hydrogens (tertiary/aromatic N) is 5. The van der Waals surface area contributed by atoms with Crippen molar-refractivity contribution in [2.75, 3.05) is 0 Å². The second kappa shape index (κ2) is 16.5. The van der Waals surface area contributed by atoms with E-state index in [0.717, 1.165) is 93.5 Å². The summed E-state index contributed by atoms with van der Waals surface area (Å²) >= 11 is 0. The molecule has 1 aromatic rings. The van der Waals surface area contributed by atoms with Crippen LogP contribution in [0.5, 0.6) is 0 Å². The van der Waals surface area contributed by atoms with E-state index in [-0.39, 0.29) is 29.6 Å². The lowest BCUT2D eigenvalue weighted by Crippen LogP contribution is -2.63. The lowest BCUT2D eigenvalue weighted by atomic mass is 9.43. The molecule has 9 aliphatic rings. The minimum Gasteiger partial charge on any atom is -0.372 e. The second-order valence-electron chi connectivity index (χ2n) is 19.7. The van der Waals surface area contributed by atoms with Crippen molar-refractivity contribution in [2.24, 2.45) is 45.9 Å². The average Bonchev–Trinajstić information content (AvgIpc) is 3.30. The Morgan fingerprint density at radius 1 is 0.763 bits per heavy atom. The maximum Gasteiger partial charge on any atom is 0.124 e. The first-order chi connectivity index (χ1) is 29.1. The molecule has 0 amide bonds. The molecule has 7 aliphatic carbocycles. The highest BCUT2D eigenvalue weighted by Crippen LogP contribution is 2.66. The summed E-state index contributed by atoms with van der Waals surface area (Å²) < 4.78 is 0. The van der Waals surface area contributed by atoms with E-state index < -0.39 is 0 Å². The third-order valence-corrected chi connectivity index (χ3v) is 16.9. The molecule has 0 aromatic heterocycles. The smallest absolute Gasteiger partial charge is 0.124 e. The molecular weight excluding hydrogens is 721 g/mol. The molecule has 3 fully saturated rings. The molecule has 10 rings (SSSR count). The molecule has 306 valence electrons. The van der Waals surface area contributed by atoms with Crippen molar-refractivity contribution in [1.82, 2.24) is 15.1 Å². The average molecular weight is 785 g/mol. The van der Waals surface area contributed by atoms with Crippen LogP contribution in [0.1, 0.15) is 128 Å². The van der Waals surface area contributed by atoms with Crippen molar-refractivity contribution in [3.63, 3.8) is 0 Å². The van der Waals surface area contributed by atoms with Crippen LogP contribution < -0.4 is 5.32 Å². The van der Waals surface area contributed by atoms with Gasteiger partial charge in [-0.05, 0) is 163 Å². The van der Waals surface area contributed by atoms with Crippen molar-refractivity contribution in [2.45, 2.75) is 146 Å².